The molecule has 1 heterocycles. The van der Waals surface area contributed by atoms with Gasteiger partial charge in [0.05, 0.1) is 6.61 Å². The van der Waals surface area contributed by atoms with E-state index in [0.29, 0.717) is 18.4 Å². The Morgan fingerprint density at radius 3 is 2.74 bits per heavy atom. The second kappa shape index (κ2) is 6.19. The van der Waals surface area contributed by atoms with Gasteiger partial charge in [-0.25, -0.2) is 4.98 Å². The standard InChI is InChI=1S/C14H24N4O/c1-3-19-12-8-11(2)17-13(18-12)16-10-14(9-15)6-4-5-7-14/h8H,3-7,9-10,15H2,1-2H3,(H,16,17,18). The number of ether oxygens (including phenoxy) is 1. The molecule has 0 amide bonds. The number of nitrogens with two attached hydrogens (primary N) is 1. The summed E-state index contributed by atoms with van der Waals surface area (Å²) in [4.78, 5) is 8.76. The molecule has 0 bridgehead atoms. The van der Waals surface area contributed by atoms with Gasteiger partial charge in [0.15, 0.2) is 0 Å². The van der Waals surface area contributed by atoms with Gasteiger partial charge in [-0.05, 0) is 38.6 Å². The summed E-state index contributed by atoms with van der Waals surface area (Å²) in [6, 6.07) is 1.85. The zero-order chi connectivity index (χ0) is 13.7. The van der Waals surface area contributed by atoms with Crippen LogP contribution in [0.3, 0.4) is 0 Å². The van der Waals surface area contributed by atoms with E-state index in [2.05, 4.69) is 15.3 Å². The molecule has 0 aliphatic heterocycles. The molecule has 3 N–H and O–H groups in total. The first kappa shape index (κ1) is 14.1. The van der Waals surface area contributed by atoms with E-state index in [1.54, 1.807) is 0 Å². The average Bonchev–Trinajstić information content (AvgIpc) is 2.86. The van der Waals surface area contributed by atoms with Crippen LogP contribution in [-0.4, -0.2) is 29.7 Å². The molecule has 0 unspecified atom stereocenters. The van der Waals surface area contributed by atoms with Gasteiger partial charge in [-0.3, -0.25) is 0 Å². The molecule has 1 aromatic rings. The summed E-state index contributed by atoms with van der Waals surface area (Å²) in [5, 5.41) is 3.34. The third kappa shape index (κ3) is 3.56. The van der Waals surface area contributed by atoms with Gasteiger partial charge in [0.1, 0.15) is 0 Å². The van der Waals surface area contributed by atoms with E-state index < -0.39 is 0 Å². The lowest BCUT2D eigenvalue weighted by atomic mass is 9.86. The van der Waals surface area contributed by atoms with Crippen LogP contribution in [0.4, 0.5) is 5.95 Å². The Labute approximate surface area is 115 Å². The quantitative estimate of drug-likeness (QED) is 0.823. The van der Waals surface area contributed by atoms with E-state index in [1.807, 2.05) is 19.9 Å². The lowest BCUT2D eigenvalue weighted by molar-refractivity contribution is 0.323. The molecule has 1 aliphatic carbocycles. The van der Waals surface area contributed by atoms with E-state index in [9.17, 15) is 0 Å². The second-order valence-electron chi connectivity index (χ2n) is 5.37. The zero-order valence-corrected chi connectivity index (χ0v) is 11.9. The van der Waals surface area contributed by atoms with Crippen molar-refractivity contribution in [2.75, 3.05) is 25.0 Å². The maximum atomic E-state index is 5.93. The smallest absolute Gasteiger partial charge is 0.226 e. The Hall–Kier alpha value is -1.36. The van der Waals surface area contributed by atoms with Crippen molar-refractivity contribution in [3.05, 3.63) is 11.8 Å². The number of aromatic nitrogens is 2. The highest BCUT2D eigenvalue weighted by atomic mass is 16.5. The highest BCUT2D eigenvalue weighted by Crippen LogP contribution is 2.37. The lowest BCUT2D eigenvalue weighted by Crippen LogP contribution is -2.35. The van der Waals surface area contributed by atoms with Crippen LogP contribution in [0, 0.1) is 12.3 Å². The molecule has 106 valence electrons. The second-order valence-corrected chi connectivity index (χ2v) is 5.37. The highest BCUT2D eigenvalue weighted by molar-refractivity contribution is 5.31. The molecule has 5 heteroatoms. The molecule has 0 radical (unpaired) electrons. The third-order valence-electron chi connectivity index (χ3n) is 3.84. The van der Waals surface area contributed by atoms with Gasteiger partial charge in [0, 0.05) is 18.3 Å². The molecule has 0 spiro atoms. The van der Waals surface area contributed by atoms with Crippen LogP contribution in [0.25, 0.3) is 0 Å². The van der Waals surface area contributed by atoms with Crippen LogP contribution < -0.4 is 15.8 Å². The molecule has 1 fully saturated rings. The molecule has 1 aliphatic rings. The number of hydrogen-bond donors (Lipinski definition) is 2. The minimum atomic E-state index is 0.221. The summed E-state index contributed by atoms with van der Waals surface area (Å²) in [5.74, 6) is 1.27. The van der Waals surface area contributed by atoms with Crippen molar-refractivity contribution in [1.82, 2.24) is 9.97 Å². The molecule has 1 aromatic heterocycles. The van der Waals surface area contributed by atoms with Gasteiger partial charge in [0.2, 0.25) is 11.8 Å². The first-order valence-electron chi connectivity index (χ1n) is 7.10. The van der Waals surface area contributed by atoms with Crippen LogP contribution in [-0.2, 0) is 0 Å². The van der Waals surface area contributed by atoms with Crippen molar-refractivity contribution in [2.24, 2.45) is 11.1 Å². The predicted molar refractivity (Wildman–Crippen MR) is 76.4 cm³/mol. The molecule has 1 saturated carbocycles. The fraction of sp³-hybridized carbons (Fsp3) is 0.714. The normalized spacial score (nSPS) is 17.4. The van der Waals surface area contributed by atoms with Crippen LogP contribution in [0.15, 0.2) is 6.07 Å². The van der Waals surface area contributed by atoms with Crippen molar-refractivity contribution in [1.29, 1.82) is 0 Å². The average molecular weight is 264 g/mol. The number of anilines is 1. The Balaban J connectivity index is 2.02. The molecule has 0 atom stereocenters. The number of aryl methyl sites for hydroxylation is 1. The number of rotatable bonds is 6. The van der Waals surface area contributed by atoms with E-state index in [-0.39, 0.29) is 5.41 Å². The van der Waals surface area contributed by atoms with E-state index in [4.69, 9.17) is 10.5 Å². The van der Waals surface area contributed by atoms with Gasteiger partial charge < -0.3 is 15.8 Å². The fourth-order valence-corrected chi connectivity index (χ4v) is 2.69. The van der Waals surface area contributed by atoms with Crippen LogP contribution in [0.2, 0.25) is 0 Å². The monoisotopic (exact) mass is 264 g/mol. The summed E-state index contributed by atoms with van der Waals surface area (Å²) in [6.07, 6.45) is 4.94. The Morgan fingerprint density at radius 2 is 2.11 bits per heavy atom. The van der Waals surface area contributed by atoms with E-state index in [0.717, 1.165) is 18.8 Å². The molecule has 2 rings (SSSR count). The Bertz CT molecular complexity index is 416. The van der Waals surface area contributed by atoms with E-state index in [1.165, 1.54) is 25.7 Å². The summed E-state index contributed by atoms with van der Waals surface area (Å²) in [6.45, 7) is 6.08. The molecule has 5 nitrogen and oxygen atoms in total. The first-order chi connectivity index (χ1) is 9.17. The van der Waals surface area contributed by atoms with Gasteiger partial charge in [0.25, 0.3) is 0 Å². The molecule has 19 heavy (non-hydrogen) atoms. The number of nitrogens with zero attached hydrogens (tertiary/aromatic N) is 2. The van der Waals surface area contributed by atoms with E-state index >= 15 is 0 Å². The van der Waals surface area contributed by atoms with Gasteiger partial charge in [-0.1, -0.05) is 12.8 Å². The Morgan fingerprint density at radius 1 is 1.37 bits per heavy atom. The topological polar surface area (TPSA) is 73.1 Å². The van der Waals surface area contributed by atoms with Gasteiger partial charge in [-0.15, -0.1) is 0 Å². The highest BCUT2D eigenvalue weighted by Gasteiger charge is 2.32. The third-order valence-corrected chi connectivity index (χ3v) is 3.84. The Kier molecular flexibility index (Phi) is 4.58. The molecule has 0 saturated heterocycles. The van der Waals surface area contributed by atoms with Crippen molar-refractivity contribution < 1.29 is 4.74 Å². The fourth-order valence-electron chi connectivity index (χ4n) is 2.69. The molecule has 0 aromatic carbocycles. The lowest BCUT2D eigenvalue weighted by Gasteiger charge is -2.27. The first-order valence-corrected chi connectivity index (χ1v) is 7.10. The maximum Gasteiger partial charge on any atom is 0.226 e. The maximum absolute atomic E-state index is 5.93. The molecular weight excluding hydrogens is 240 g/mol. The largest absolute Gasteiger partial charge is 0.478 e. The van der Waals surface area contributed by atoms with Crippen molar-refractivity contribution in [2.45, 2.75) is 39.5 Å². The predicted octanol–water partition coefficient (Wildman–Crippen LogP) is 2.11. The number of nitrogens with one attached hydrogen (secondary N) is 1. The minimum Gasteiger partial charge on any atom is -0.478 e. The van der Waals surface area contributed by atoms with Crippen molar-refractivity contribution >= 4 is 5.95 Å². The SMILES string of the molecule is CCOc1cc(C)nc(NCC2(CN)CCCC2)n1. The number of hydrogen-bond acceptors (Lipinski definition) is 5. The van der Waals surface area contributed by atoms with Gasteiger partial charge >= 0.3 is 0 Å². The zero-order valence-electron chi connectivity index (χ0n) is 11.9. The summed E-state index contributed by atoms with van der Waals surface area (Å²) >= 11 is 0. The van der Waals surface area contributed by atoms with Crippen LogP contribution >= 0.6 is 0 Å². The van der Waals surface area contributed by atoms with Crippen molar-refractivity contribution in [3.8, 4) is 5.88 Å². The van der Waals surface area contributed by atoms with Gasteiger partial charge in [-0.2, -0.15) is 4.98 Å². The van der Waals surface area contributed by atoms with Crippen LogP contribution in [0.5, 0.6) is 5.88 Å². The minimum absolute atomic E-state index is 0.221. The molecular formula is C14H24N4O. The summed E-state index contributed by atoms with van der Waals surface area (Å²) in [7, 11) is 0. The summed E-state index contributed by atoms with van der Waals surface area (Å²) < 4.78 is 5.43. The van der Waals surface area contributed by atoms with Crippen LogP contribution in [0.1, 0.15) is 38.3 Å². The summed E-state index contributed by atoms with van der Waals surface area (Å²) in [5.41, 5.74) is 7.07. The van der Waals surface area contributed by atoms with Crippen molar-refractivity contribution in [3.63, 3.8) is 0 Å².